The number of likely N-dealkylation sites (N-methyl/N-ethyl adjacent to an activating group) is 1. The van der Waals surface area contributed by atoms with Gasteiger partial charge in [0, 0.05) is 20.6 Å². The second-order valence-corrected chi connectivity index (χ2v) is 6.10. The Bertz CT molecular complexity index is 738. The molecule has 2 N–H and O–H groups in total. The fourth-order valence-corrected chi connectivity index (χ4v) is 2.27. The Balaban J connectivity index is 0.00000364. The third kappa shape index (κ3) is 8.85. The molecule has 0 aliphatic heterocycles. The first-order valence-electron chi connectivity index (χ1n) is 8.55. The molecule has 0 saturated heterocycles. The number of guanidine groups is 1. The van der Waals surface area contributed by atoms with E-state index in [0.29, 0.717) is 19.0 Å². The van der Waals surface area contributed by atoms with Gasteiger partial charge in [-0.1, -0.05) is 42.5 Å². The highest BCUT2D eigenvalue weighted by Gasteiger charge is 2.06. The number of rotatable bonds is 7. The maximum Gasteiger partial charge on any atom is 0.241 e. The van der Waals surface area contributed by atoms with Crippen LogP contribution in [0.5, 0.6) is 0 Å². The zero-order valence-corrected chi connectivity index (χ0v) is 17.9. The molecule has 0 atom stereocenters. The smallest absolute Gasteiger partial charge is 0.241 e. The number of amides is 1. The molecule has 2 rings (SSSR count). The van der Waals surface area contributed by atoms with E-state index >= 15 is 0 Å². The first-order valence-corrected chi connectivity index (χ1v) is 8.55. The molecule has 0 saturated carbocycles. The maximum atomic E-state index is 13.3. The van der Waals surface area contributed by atoms with Gasteiger partial charge in [-0.2, -0.15) is 0 Å². The van der Waals surface area contributed by atoms with Crippen LogP contribution in [-0.2, 0) is 17.8 Å². The number of aliphatic imine (C=N–C) groups is 1. The van der Waals surface area contributed by atoms with Gasteiger partial charge < -0.3 is 15.5 Å². The van der Waals surface area contributed by atoms with E-state index in [4.69, 9.17) is 0 Å². The van der Waals surface area contributed by atoms with Crippen molar-refractivity contribution >= 4 is 35.8 Å². The number of carbonyl (C=O) groups is 1. The Morgan fingerprint density at radius 1 is 1.04 bits per heavy atom. The lowest BCUT2D eigenvalue weighted by Crippen LogP contribution is -2.43. The predicted octanol–water partition coefficient (Wildman–Crippen LogP) is 2.81. The first kappa shape index (κ1) is 22.9. The summed E-state index contributed by atoms with van der Waals surface area (Å²) in [5.41, 5.74) is 1.99. The summed E-state index contributed by atoms with van der Waals surface area (Å²) < 4.78 is 13.3. The minimum Gasteiger partial charge on any atom is -0.356 e. The summed E-state index contributed by atoms with van der Waals surface area (Å²) in [6, 6.07) is 16.4. The molecule has 0 heterocycles. The normalized spacial score (nSPS) is 10.7. The number of benzene rings is 2. The Morgan fingerprint density at radius 2 is 1.74 bits per heavy atom. The summed E-state index contributed by atoms with van der Waals surface area (Å²) in [4.78, 5) is 17.8. The van der Waals surface area contributed by atoms with E-state index in [1.807, 2.05) is 24.3 Å². The molecule has 0 aromatic heterocycles. The Morgan fingerprint density at radius 3 is 2.41 bits per heavy atom. The van der Waals surface area contributed by atoms with Crippen molar-refractivity contribution in [3.05, 3.63) is 71.5 Å². The molecule has 0 spiro atoms. The number of hydrogen-bond donors (Lipinski definition) is 2. The third-order valence-electron chi connectivity index (χ3n) is 3.76. The minimum absolute atomic E-state index is 0. The van der Waals surface area contributed by atoms with E-state index in [0.717, 1.165) is 12.0 Å². The fraction of sp³-hybridized carbons (Fsp3) is 0.300. The molecular formula is C20H26FIN4O. The van der Waals surface area contributed by atoms with Crippen molar-refractivity contribution < 1.29 is 9.18 Å². The topological polar surface area (TPSA) is 56.7 Å². The average Bonchev–Trinajstić information content (AvgIpc) is 2.64. The van der Waals surface area contributed by atoms with Gasteiger partial charge in [-0.3, -0.25) is 4.79 Å². The van der Waals surface area contributed by atoms with Gasteiger partial charge in [0.15, 0.2) is 5.96 Å². The van der Waals surface area contributed by atoms with Gasteiger partial charge in [-0.25, -0.2) is 9.38 Å². The second kappa shape index (κ2) is 12.3. The molecule has 0 bridgehead atoms. The number of carbonyl (C=O) groups excluding carboxylic acids is 1. The van der Waals surface area contributed by atoms with Crippen LogP contribution in [0, 0.1) is 5.82 Å². The van der Waals surface area contributed by atoms with E-state index in [2.05, 4.69) is 27.8 Å². The molecule has 7 heteroatoms. The van der Waals surface area contributed by atoms with Gasteiger partial charge in [-0.05, 0) is 29.7 Å². The van der Waals surface area contributed by atoms with Crippen LogP contribution in [0.4, 0.5) is 4.39 Å². The lowest BCUT2D eigenvalue weighted by Gasteiger charge is -2.15. The third-order valence-corrected chi connectivity index (χ3v) is 3.76. The van der Waals surface area contributed by atoms with Gasteiger partial charge >= 0.3 is 0 Å². The average molecular weight is 484 g/mol. The van der Waals surface area contributed by atoms with Crippen molar-refractivity contribution in [2.24, 2.45) is 4.99 Å². The van der Waals surface area contributed by atoms with E-state index in [-0.39, 0.29) is 42.2 Å². The van der Waals surface area contributed by atoms with E-state index in [1.165, 1.54) is 22.6 Å². The van der Waals surface area contributed by atoms with Gasteiger partial charge in [-0.15, -0.1) is 24.0 Å². The number of nitrogens with one attached hydrogen (secondary N) is 2. The molecular weight excluding hydrogens is 458 g/mol. The van der Waals surface area contributed by atoms with E-state index in [9.17, 15) is 9.18 Å². The predicted molar refractivity (Wildman–Crippen MR) is 118 cm³/mol. The quantitative estimate of drug-likeness (QED) is 0.361. The Kier molecular flexibility index (Phi) is 10.4. The monoisotopic (exact) mass is 484 g/mol. The standard InChI is InChI=1S/C20H25FN4O.HI/c1-25(2)19(26)15-24-20(22-12-11-16-7-4-3-5-8-16)23-14-17-9-6-10-18(21)13-17;/h3-10,13H,11-12,14-15H2,1-2H3,(H2,22,23,24);1H. The van der Waals surface area contributed by atoms with Crippen molar-refractivity contribution in [3.63, 3.8) is 0 Å². The Labute approximate surface area is 177 Å². The van der Waals surface area contributed by atoms with Crippen LogP contribution in [-0.4, -0.2) is 44.0 Å². The van der Waals surface area contributed by atoms with Gasteiger partial charge in [0.1, 0.15) is 5.82 Å². The second-order valence-electron chi connectivity index (χ2n) is 6.10. The zero-order chi connectivity index (χ0) is 18.8. The first-order chi connectivity index (χ1) is 12.5. The van der Waals surface area contributed by atoms with Gasteiger partial charge in [0.2, 0.25) is 5.91 Å². The summed E-state index contributed by atoms with van der Waals surface area (Å²) in [5.74, 6) is 0.195. The van der Waals surface area contributed by atoms with Crippen LogP contribution in [0.15, 0.2) is 59.6 Å². The molecule has 146 valence electrons. The van der Waals surface area contributed by atoms with Crippen LogP contribution in [0.1, 0.15) is 11.1 Å². The molecule has 2 aromatic rings. The Hall–Kier alpha value is -2.16. The van der Waals surface area contributed by atoms with E-state index in [1.54, 1.807) is 20.2 Å². The number of hydrogen-bond acceptors (Lipinski definition) is 2. The maximum absolute atomic E-state index is 13.3. The highest BCUT2D eigenvalue weighted by molar-refractivity contribution is 14.0. The lowest BCUT2D eigenvalue weighted by atomic mass is 10.1. The highest BCUT2D eigenvalue weighted by atomic mass is 127. The van der Waals surface area contributed by atoms with Crippen LogP contribution < -0.4 is 10.6 Å². The SMILES string of the molecule is CN(C)C(=O)CNC(=NCc1cccc(F)c1)NCCc1ccccc1.I. The van der Waals surface area contributed by atoms with E-state index < -0.39 is 0 Å². The van der Waals surface area contributed by atoms with Gasteiger partial charge in [0.25, 0.3) is 0 Å². The summed E-state index contributed by atoms with van der Waals surface area (Å²) in [6.45, 7) is 1.15. The largest absolute Gasteiger partial charge is 0.356 e. The molecule has 27 heavy (non-hydrogen) atoms. The molecule has 0 fully saturated rings. The van der Waals surface area contributed by atoms with Crippen LogP contribution in [0.25, 0.3) is 0 Å². The van der Waals surface area contributed by atoms with Crippen molar-refractivity contribution in [2.45, 2.75) is 13.0 Å². The van der Waals surface area contributed by atoms with Gasteiger partial charge in [0.05, 0.1) is 13.1 Å². The molecule has 2 aromatic carbocycles. The van der Waals surface area contributed by atoms with Crippen molar-refractivity contribution in [2.75, 3.05) is 27.2 Å². The molecule has 0 radical (unpaired) electrons. The summed E-state index contributed by atoms with van der Waals surface area (Å²) >= 11 is 0. The van der Waals surface area contributed by atoms with Crippen LogP contribution >= 0.6 is 24.0 Å². The molecule has 1 amide bonds. The van der Waals surface area contributed by atoms with Crippen molar-refractivity contribution in [1.29, 1.82) is 0 Å². The zero-order valence-electron chi connectivity index (χ0n) is 15.6. The molecule has 0 unspecified atom stereocenters. The number of nitrogens with zero attached hydrogens (tertiary/aromatic N) is 2. The summed E-state index contributed by atoms with van der Waals surface area (Å²) in [7, 11) is 3.41. The van der Waals surface area contributed by atoms with Crippen molar-refractivity contribution in [3.8, 4) is 0 Å². The summed E-state index contributed by atoms with van der Waals surface area (Å²) in [5, 5.41) is 6.25. The fourth-order valence-electron chi connectivity index (χ4n) is 2.27. The molecule has 0 aliphatic carbocycles. The molecule has 0 aliphatic rings. The van der Waals surface area contributed by atoms with Crippen molar-refractivity contribution in [1.82, 2.24) is 15.5 Å². The molecule has 5 nitrogen and oxygen atoms in total. The van der Waals surface area contributed by atoms with Crippen LogP contribution in [0.3, 0.4) is 0 Å². The lowest BCUT2D eigenvalue weighted by molar-refractivity contribution is -0.127. The summed E-state index contributed by atoms with van der Waals surface area (Å²) in [6.07, 6.45) is 0.836. The minimum atomic E-state index is -0.285. The van der Waals surface area contributed by atoms with Crippen LogP contribution in [0.2, 0.25) is 0 Å². The highest BCUT2D eigenvalue weighted by Crippen LogP contribution is 2.04. The number of halogens is 2.